The number of hydrogen-bond donors (Lipinski definition) is 1. The molecule has 1 atom stereocenters. The van der Waals surface area contributed by atoms with E-state index in [4.69, 9.17) is 0 Å². The smallest absolute Gasteiger partial charge is 0.00967 e. The van der Waals surface area contributed by atoms with Gasteiger partial charge in [-0.2, -0.15) is 0 Å². The van der Waals surface area contributed by atoms with Gasteiger partial charge in [0.2, 0.25) is 0 Å². The van der Waals surface area contributed by atoms with Crippen LogP contribution in [-0.2, 0) is 0 Å². The molecule has 0 aliphatic carbocycles. The average Bonchev–Trinajstić information content (AvgIpc) is 2.51. The van der Waals surface area contributed by atoms with E-state index in [1.54, 1.807) is 0 Å². The summed E-state index contributed by atoms with van der Waals surface area (Å²) in [6.45, 7) is 21.2. The summed E-state index contributed by atoms with van der Waals surface area (Å²) < 4.78 is 0. The lowest BCUT2D eigenvalue weighted by Crippen LogP contribution is -2.46. The minimum Gasteiger partial charge on any atom is -0.311 e. The molecule has 0 radical (unpaired) electrons. The van der Waals surface area contributed by atoms with Crippen LogP contribution in [0.1, 0.15) is 67.7 Å². The Labute approximate surface area is 127 Å². The van der Waals surface area contributed by atoms with E-state index in [9.17, 15) is 0 Å². The van der Waals surface area contributed by atoms with Gasteiger partial charge < -0.3 is 10.2 Å². The fraction of sp³-hybridized carbons (Fsp3) is 1.00. The van der Waals surface area contributed by atoms with E-state index in [2.05, 4.69) is 58.7 Å². The van der Waals surface area contributed by atoms with Gasteiger partial charge in [0.15, 0.2) is 0 Å². The third kappa shape index (κ3) is 7.08. The van der Waals surface area contributed by atoms with Crippen molar-refractivity contribution in [3.63, 3.8) is 0 Å². The van der Waals surface area contributed by atoms with Crippen molar-refractivity contribution in [3.05, 3.63) is 0 Å². The Morgan fingerprint density at radius 2 is 1.70 bits per heavy atom. The summed E-state index contributed by atoms with van der Waals surface area (Å²) in [4.78, 5) is 2.70. The SMILES string of the molecule is CC(C)C1CCCN(CC(C)(C)CNC(C)(C)C)CC1. The molecule has 20 heavy (non-hydrogen) atoms. The number of hydrogen-bond acceptors (Lipinski definition) is 2. The minimum absolute atomic E-state index is 0.221. The van der Waals surface area contributed by atoms with Gasteiger partial charge in [-0.1, -0.05) is 27.7 Å². The van der Waals surface area contributed by atoms with E-state index in [1.807, 2.05) is 0 Å². The average molecular weight is 283 g/mol. The topological polar surface area (TPSA) is 15.3 Å². The molecule has 0 saturated carbocycles. The largest absolute Gasteiger partial charge is 0.311 e. The highest BCUT2D eigenvalue weighted by Gasteiger charge is 2.26. The molecule has 1 N–H and O–H groups in total. The van der Waals surface area contributed by atoms with Crippen LogP contribution in [0.5, 0.6) is 0 Å². The molecule has 0 amide bonds. The van der Waals surface area contributed by atoms with Crippen LogP contribution in [0, 0.1) is 17.3 Å². The van der Waals surface area contributed by atoms with E-state index in [0.717, 1.165) is 18.4 Å². The Kier molecular flexibility index (Phi) is 6.53. The molecule has 0 aromatic carbocycles. The van der Waals surface area contributed by atoms with E-state index < -0.39 is 0 Å². The highest BCUT2D eigenvalue weighted by atomic mass is 15.1. The minimum atomic E-state index is 0.221. The molecular weight excluding hydrogens is 244 g/mol. The highest BCUT2D eigenvalue weighted by molar-refractivity contribution is 4.82. The van der Waals surface area contributed by atoms with Crippen LogP contribution in [-0.4, -0.2) is 36.6 Å². The maximum atomic E-state index is 3.67. The first kappa shape index (κ1) is 18.0. The number of nitrogens with zero attached hydrogens (tertiary/aromatic N) is 1. The maximum absolute atomic E-state index is 3.67. The van der Waals surface area contributed by atoms with Gasteiger partial charge in [-0.3, -0.25) is 0 Å². The zero-order valence-electron chi connectivity index (χ0n) is 15.1. The van der Waals surface area contributed by atoms with Gasteiger partial charge in [-0.25, -0.2) is 0 Å². The first-order valence-electron chi connectivity index (χ1n) is 8.56. The van der Waals surface area contributed by atoms with Crippen molar-refractivity contribution in [1.29, 1.82) is 0 Å². The molecule has 0 spiro atoms. The maximum Gasteiger partial charge on any atom is 0.00967 e. The molecule has 1 saturated heterocycles. The molecule has 1 heterocycles. The van der Waals surface area contributed by atoms with Crippen LogP contribution in [0.25, 0.3) is 0 Å². The van der Waals surface area contributed by atoms with E-state index >= 15 is 0 Å². The summed E-state index contributed by atoms with van der Waals surface area (Å²) in [6, 6.07) is 0. The molecule has 2 nitrogen and oxygen atoms in total. The van der Waals surface area contributed by atoms with E-state index in [-0.39, 0.29) is 5.54 Å². The third-order valence-corrected chi connectivity index (χ3v) is 4.56. The van der Waals surface area contributed by atoms with Gasteiger partial charge in [0.1, 0.15) is 0 Å². The predicted molar refractivity (Wildman–Crippen MR) is 90.2 cm³/mol. The van der Waals surface area contributed by atoms with E-state index in [0.29, 0.717) is 5.41 Å². The number of nitrogens with one attached hydrogen (secondary N) is 1. The summed E-state index contributed by atoms with van der Waals surface area (Å²) in [5, 5.41) is 3.67. The van der Waals surface area contributed by atoms with Crippen molar-refractivity contribution in [1.82, 2.24) is 10.2 Å². The number of likely N-dealkylation sites (tertiary alicyclic amines) is 1. The first-order chi connectivity index (χ1) is 9.09. The summed E-state index contributed by atoms with van der Waals surface area (Å²) in [6.07, 6.45) is 4.20. The van der Waals surface area contributed by atoms with Crippen molar-refractivity contribution in [2.75, 3.05) is 26.2 Å². The standard InChI is InChI=1S/C18H38N2/c1-15(2)16-9-8-11-20(12-10-16)14-18(6,7)13-19-17(3,4)5/h15-16,19H,8-14H2,1-7H3. The Bertz CT molecular complexity index is 276. The monoisotopic (exact) mass is 282 g/mol. The Morgan fingerprint density at radius 1 is 1.05 bits per heavy atom. The normalized spacial score (nSPS) is 23.1. The van der Waals surface area contributed by atoms with Crippen LogP contribution in [0.3, 0.4) is 0 Å². The van der Waals surface area contributed by atoms with Crippen LogP contribution in [0.4, 0.5) is 0 Å². The van der Waals surface area contributed by atoms with Gasteiger partial charge in [0.25, 0.3) is 0 Å². The second-order valence-electron chi connectivity index (χ2n) is 8.98. The Morgan fingerprint density at radius 3 is 2.25 bits per heavy atom. The summed E-state index contributed by atoms with van der Waals surface area (Å²) in [5.74, 6) is 1.79. The molecule has 0 bridgehead atoms. The zero-order valence-corrected chi connectivity index (χ0v) is 15.1. The lowest BCUT2D eigenvalue weighted by Gasteiger charge is -2.35. The van der Waals surface area contributed by atoms with Crippen LogP contribution in [0.2, 0.25) is 0 Å². The van der Waals surface area contributed by atoms with Gasteiger partial charge in [0, 0.05) is 18.6 Å². The van der Waals surface area contributed by atoms with E-state index in [1.165, 1.54) is 38.9 Å². The molecule has 1 fully saturated rings. The van der Waals surface area contributed by atoms with Crippen molar-refractivity contribution >= 4 is 0 Å². The van der Waals surface area contributed by atoms with Gasteiger partial charge in [-0.05, 0) is 70.4 Å². The zero-order chi connectivity index (χ0) is 15.4. The van der Waals surface area contributed by atoms with Crippen molar-refractivity contribution in [2.24, 2.45) is 17.3 Å². The molecule has 1 aliphatic heterocycles. The molecule has 1 rings (SSSR count). The van der Waals surface area contributed by atoms with Crippen molar-refractivity contribution in [3.8, 4) is 0 Å². The fourth-order valence-corrected chi connectivity index (χ4v) is 3.17. The van der Waals surface area contributed by atoms with Crippen LogP contribution < -0.4 is 5.32 Å². The molecule has 0 aromatic rings. The summed E-state index contributed by atoms with van der Waals surface area (Å²) in [7, 11) is 0. The molecule has 2 heteroatoms. The Balaban J connectivity index is 2.43. The molecule has 0 aromatic heterocycles. The lowest BCUT2D eigenvalue weighted by molar-refractivity contribution is 0.167. The van der Waals surface area contributed by atoms with Crippen LogP contribution >= 0.6 is 0 Å². The van der Waals surface area contributed by atoms with Crippen LogP contribution in [0.15, 0.2) is 0 Å². The van der Waals surface area contributed by atoms with Crippen molar-refractivity contribution in [2.45, 2.75) is 73.3 Å². The molecule has 1 aliphatic rings. The van der Waals surface area contributed by atoms with Gasteiger partial charge >= 0.3 is 0 Å². The predicted octanol–water partition coefficient (Wildman–Crippen LogP) is 4.16. The third-order valence-electron chi connectivity index (χ3n) is 4.56. The number of rotatable bonds is 5. The molecular formula is C18H38N2. The molecule has 120 valence electrons. The molecule has 1 unspecified atom stereocenters. The summed E-state index contributed by atoms with van der Waals surface area (Å²) in [5.41, 5.74) is 0.573. The van der Waals surface area contributed by atoms with Crippen molar-refractivity contribution < 1.29 is 0 Å². The second-order valence-corrected chi connectivity index (χ2v) is 8.98. The second kappa shape index (κ2) is 7.26. The van der Waals surface area contributed by atoms with Gasteiger partial charge in [0.05, 0.1) is 0 Å². The first-order valence-corrected chi connectivity index (χ1v) is 8.56. The van der Waals surface area contributed by atoms with Gasteiger partial charge in [-0.15, -0.1) is 0 Å². The fourth-order valence-electron chi connectivity index (χ4n) is 3.17. The summed E-state index contributed by atoms with van der Waals surface area (Å²) >= 11 is 0. The Hall–Kier alpha value is -0.0800. The quantitative estimate of drug-likeness (QED) is 0.814. The highest BCUT2D eigenvalue weighted by Crippen LogP contribution is 2.26. The lowest BCUT2D eigenvalue weighted by atomic mass is 9.89.